The fourth-order valence-corrected chi connectivity index (χ4v) is 2.76. The second kappa shape index (κ2) is 8.72. The SMILES string of the molecule is C#Cc1cccc(N(C)c2ccc(Oc3nc(O)c(=C/C)/c(=C\N=C)n3)cc2)c1. The van der Waals surface area contributed by atoms with Crippen molar-refractivity contribution in [2.45, 2.75) is 6.92 Å². The Balaban J connectivity index is 1.85. The van der Waals surface area contributed by atoms with Crippen LogP contribution in [0.15, 0.2) is 53.5 Å². The summed E-state index contributed by atoms with van der Waals surface area (Å²) in [5.74, 6) is 2.99. The largest absolute Gasteiger partial charge is 0.493 e. The lowest BCUT2D eigenvalue weighted by Crippen LogP contribution is -2.29. The van der Waals surface area contributed by atoms with E-state index in [-0.39, 0.29) is 11.9 Å². The molecular weight excluding hydrogens is 364 g/mol. The van der Waals surface area contributed by atoms with Gasteiger partial charge in [0.05, 0.1) is 16.8 Å². The van der Waals surface area contributed by atoms with Gasteiger partial charge in [0.2, 0.25) is 5.88 Å². The first-order chi connectivity index (χ1) is 14.0. The second-order valence-corrected chi connectivity index (χ2v) is 6.08. The lowest BCUT2D eigenvalue weighted by molar-refractivity contribution is 0.400. The fraction of sp³-hybridized carbons (Fsp3) is 0.0870. The smallest absolute Gasteiger partial charge is 0.325 e. The minimum absolute atomic E-state index is 0.0193. The number of hydrogen-bond acceptors (Lipinski definition) is 6. The summed E-state index contributed by atoms with van der Waals surface area (Å²) in [4.78, 5) is 14.0. The van der Waals surface area contributed by atoms with Crippen molar-refractivity contribution in [2.75, 3.05) is 11.9 Å². The first-order valence-electron chi connectivity index (χ1n) is 8.83. The van der Waals surface area contributed by atoms with Crippen molar-refractivity contribution in [1.82, 2.24) is 9.97 Å². The molecule has 6 nitrogen and oxygen atoms in total. The molecule has 144 valence electrons. The number of aromatic nitrogens is 2. The molecule has 1 N–H and O–H groups in total. The number of nitrogens with zero attached hydrogens (tertiary/aromatic N) is 4. The number of ether oxygens (including phenoxy) is 1. The summed E-state index contributed by atoms with van der Waals surface area (Å²) in [5, 5.41) is 11.0. The first kappa shape index (κ1) is 19.6. The molecule has 0 unspecified atom stereocenters. The Morgan fingerprint density at radius 2 is 1.93 bits per heavy atom. The lowest BCUT2D eigenvalue weighted by Gasteiger charge is -2.20. The normalized spacial score (nSPS) is 11.8. The molecule has 0 bridgehead atoms. The summed E-state index contributed by atoms with van der Waals surface area (Å²) in [6, 6.07) is 15.2. The zero-order valence-electron chi connectivity index (χ0n) is 16.2. The summed E-state index contributed by atoms with van der Waals surface area (Å²) < 4.78 is 5.70. The molecule has 6 heteroatoms. The number of hydrogen-bond donors (Lipinski definition) is 1. The number of rotatable bonds is 5. The molecule has 0 spiro atoms. The fourth-order valence-electron chi connectivity index (χ4n) is 2.76. The van der Waals surface area contributed by atoms with E-state index in [1.807, 2.05) is 48.3 Å². The molecule has 3 rings (SSSR count). The van der Waals surface area contributed by atoms with Crippen LogP contribution in [0.4, 0.5) is 11.4 Å². The van der Waals surface area contributed by atoms with Gasteiger partial charge in [-0.2, -0.15) is 9.97 Å². The van der Waals surface area contributed by atoms with Crippen molar-refractivity contribution in [1.29, 1.82) is 0 Å². The second-order valence-electron chi connectivity index (χ2n) is 6.08. The van der Waals surface area contributed by atoms with E-state index in [1.165, 1.54) is 6.20 Å². The topological polar surface area (TPSA) is 70.8 Å². The minimum Gasteiger partial charge on any atom is -0.493 e. The molecule has 0 fully saturated rings. The van der Waals surface area contributed by atoms with E-state index in [0.29, 0.717) is 16.3 Å². The molecule has 1 aromatic heterocycles. The maximum Gasteiger partial charge on any atom is 0.325 e. The van der Waals surface area contributed by atoms with Crippen LogP contribution in [0, 0.1) is 12.3 Å². The number of anilines is 2. The summed E-state index contributed by atoms with van der Waals surface area (Å²) in [5.41, 5.74) is 2.75. The Morgan fingerprint density at radius 1 is 1.17 bits per heavy atom. The Labute approximate surface area is 169 Å². The van der Waals surface area contributed by atoms with Crippen LogP contribution in [0.3, 0.4) is 0 Å². The minimum atomic E-state index is -0.183. The first-order valence-corrected chi connectivity index (χ1v) is 8.83. The van der Waals surface area contributed by atoms with Gasteiger partial charge in [0.1, 0.15) is 5.75 Å². The van der Waals surface area contributed by atoms with Crippen LogP contribution < -0.4 is 20.2 Å². The van der Waals surface area contributed by atoms with Crippen molar-refractivity contribution < 1.29 is 9.84 Å². The van der Waals surface area contributed by atoms with Crippen LogP contribution in [-0.4, -0.2) is 28.8 Å². The Morgan fingerprint density at radius 3 is 2.59 bits per heavy atom. The van der Waals surface area contributed by atoms with E-state index >= 15 is 0 Å². The van der Waals surface area contributed by atoms with Crippen molar-refractivity contribution in [3.8, 4) is 30.0 Å². The molecule has 1 heterocycles. The van der Waals surface area contributed by atoms with Gasteiger partial charge in [-0.1, -0.05) is 18.1 Å². The van der Waals surface area contributed by atoms with Crippen LogP contribution in [0.1, 0.15) is 12.5 Å². The van der Waals surface area contributed by atoms with E-state index in [4.69, 9.17) is 11.2 Å². The van der Waals surface area contributed by atoms with E-state index in [1.54, 1.807) is 25.1 Å². The number of benzene rings is 2. The molecule has 0 saturated heterocycles. The van der Waals surface area contributed by atoms with Crippen LogP contribution in [0.5, 0.6) is 17.6 Å². The molecule has 0 atom stereocenters. The molecule has 0 saturated carbocycles. The highest BCUT2D eigenvalue weighted by atomic mass is 16.5. The molecule has 2 aromatic carbocycles. The summed E-state index contributed by atoms with van der Waals surface area (Å²) >= 11 is 0. The number of aromatic hydroxyl groups is 1. The molecule has 29 heavy (non-hydrogen) atoms. The maximum atomic E-state index is 10.1. The van der Waals surface area contributed by atoms with Gasteiger partial charge in [0, 0.05) is 24.0 Å². The summed E-state index contributed by atoms with van der Waals surface area (Å²) in [6.45, 7) is 5.19. The van der Waals surface area contributed by atoms with Gasteiger partial charge >= 0.3 is 6.01 Å². The van der Waals surface area contributed by atoms with Crippen molar-refractivity contribution in [2.24, 2.45) is 4.99 Å². The predicted molar refractivity (Wildman–Crippen MR) is 116 cm³/mol. The highest BCUT2D eigenvalue weighted by Gasteiger charge is 2.08. The van der Waals surface area contributed by atoms with Gasteiger partial charge in [-0.3, -0.25) is 4.99 Å². The molecule has 0 aliphatic carbocycles. The van der Waals surface area contributed by atoms with Gasteiger partial charge in [0.25, 0.3) is 0 Å². The quantitative estimate of drug-likeness (QED) is 0.541. The monoisotopic (exact) mass is 384 g/mol. The van der Waals surface area contributed by atoms with Crippen LogP contribution >= 0.6 is 0 Å². The molecular formula is C23H20N4O2. The van der Waals surface area contributed by atoms with E-state index in [9.17, 15) is 5.11 Å². The predicted octanol–water partition coefficient (Wildman–Crippen LogP) is 2.96. The molecule has 0 aliphatic rings. The lowest BCUT2D eigenvalue weighted by atomic mass is 10.2. The van der Waals surface area contributed by atoms with Gasteiger partial charge in [-0.25, -0.2) is 0 Å². The van der Waals surface area contributed by atoms with Crippen molar-refractivity contribution in [3.05, 3.63) is 64.7 Å². The Kier molecular flexibility index (Phi) is 5.91. The maximum absolute atomic E-state index is 10.1. The summed E-state index contributed by atoms with van der Waals surface area (Å²) in [6.07, 6.45) is 8.61. The number of aliphatic imine (C=N–C) groups is 1. The standard InChI is InChI=1S/C23H20N4O2/c1-5-16-8-7-9-18(14-16)27(4)17-10-12-19(13-11-17)29-23-25-21(15-24-3)20(6-2)22(28)26-23/h1,6-15H,3H2,2,4H3,(H,25,26,28)/b20-6+,21-15+. The zero-order chi connectivity index (χ0) is 20.8. The van der Waals surface area contributed by atoms with Crippen LogP contribution in [-0.2, 0) is 0 Å². The van der Waals surface area contributed by atoms with Crippen molar-refractivity contribution >= 4 is 30.4 Å². The molecule has 3 aromatic rings. The summed E-state index contributed by atoms with van der Waals surface area (Å²) in [7, 11) is 1.96. The highest BCUT2D eigenvalue weighted by molar-refractivity contribution is 5.64. The highest BCUT2D eigenvalue weighted by Crippen LogP contribution is 2.27. The van der Waals surface area contributed by atoms with Crippen LogP contribution in [0.25, 0.3) is 12.3 Å². The van der Waals surface area contributed by atoms with Gasteiger partial charge < -0.3 is 14.7 Å². The average molecular weight is 384 g/mol. The molecule has 0 aliphatic heterocycles. The third-order valence-electron chi connectivity index (χ3n) is 4.27. The van der Waals surface area contributed by atoms with E-state index < -0.39 is 0 Å². The third-order valence-corrected chi connectivity index (χ3v) is 4.27. The molecule has 0 amide bonds. The van der Waals surface area contributed by atoms with Gasteiger partial charge in [-0.15, -0.1) is 6.42 Å². The number of terminal acetylenes is 1. The average Bonchev–Trinajstić information content (AvgIpc) is 2.74. The van der Waals surface area contributed by atoms with E-state index in [0.717, 1.165) is 16.9 Å². The van der Waals surface area contributed by atoms with Gasteiger partial charge in [-0.05, 0) is 56.1 Å². The van der Waals surface area contributed by atoms with E-state index in [2.05, 4.69) is 27.6 Å². The molecule has 0 radical (unpaired) electrons. The third kappa shape index (κ3) is 4.42. The zero-order valence-corrected chi connectivity index (χ0v) is 16.2. The van der Waals surface area contributed by atoms with Crippen molar-refractivity contribution in [3.63, 3.8) is 0 Å². The Bertz CT molecular complexity index is 1200. The van der Waals surface area contributed by atoms with Gasteiger partial charge in [0.15, 0.2) is 0 Å². The Hall–Kier alpha value is -4.11. The van der Waals surface area contributed by atoms with Crippen LogP contribution in [0.2, 0.25) is 0 Å².